The number of carbonyl (C=O) groups is 1. The Morgan fingerprint density at radius 3 is 2.76 bits per heavy atom. The van der Waals surface area contributed by atoms with Crippen molar-refractivity contribution in [2.24, 2.45) is 0 Å². The number of fused-ring (bicyclic) bond motifs is 1. The zero-order valence-corrected chi connectivity index (χ0v) is 9.60. The molecule has 1 aliphatic rings. The summed E-state index contributed by atoms with van der Waals surface area (Å²) in [5, 5.41) is 0. The summed E-state index contributed by atoms with van der Waals surface area (Å²) in [5.74, 6) is 0.291. The van der Waals surface area contributed by atoms with Crippen LogP contribution in [0.1, 0.15) is 34.3 Å². The zero-order chi connectivity index (χ0) is 11.7. The van der Waals surface area contributed by atoms with E-state index in [-0.39, 0.29) is 0 Å². The molecule has 0 radical (unpaired) electrons. The molecule has 2 aromatic rings. The second kappa shape index (κ2) is 4.17. The Balaban J connectivity index is 1.88. The van der Waals surface area contributed by atoms with E-state index in [4.69, 9.17) is 0 Å². The first kappa shape index (κ1) is 10.3. The van der Waals surface area contributed by atoms with Crippen molar-refractivity contribution in [3.8, 4) is 0 Å². The first-order valence-electron chi connectivity index (χ1n) is 5.94. The van der Waals surface area contributed by atoms with Crippen LogP contribution in [-0.2, 0) is 13.0 Å². The first-order valence-corrected chi connectivity index (χ1v) is 5.94. The molecule has 0 saturated heterocycles. The third-order valence-corrected chi connectivity index (χ3v) is 3.23. The lowest BCUT2D eigenvalue weighted by Gasteiger charge is -2.07. The molecule has 0 fully saturated rings. The summed E-state index contributed by atoms with van der Waals surface area (Å²) in [5.41, 5.74) is 3.33. The van der Waals surface area contributed by atoms with E-state index in [1.807, 2.05) is 18.3 Å². The lowest BCUT2D eigenvalue weighted by molar-refractivity contribution is 0.0973. The van der Waals surface area contributed by atoms with Crippen LogP contribution < -0.4 is 0 Å². The van der Waals surface area contributed by atoms with Crippen molar-refractivity contribution in [2.45, 2.75) is 25.8 Å². The molecule has 0 amide bonds. The van der Waals surface area contributed by atoms with E-state index in [0.717, 1.165) is 24.9 Å². The molecular weight excluding hydrogens is 212 g/mol. The van der Waals surface area contributed by atoms with Crippen molar-refractivity contribution in [3.63, 3.8) is 0 Å². The fourth-order valence-electron chi connectivity index (χ4n) is 2.37. The monoisotopic (exact) mass is 226 g/mol. The first-order chi connectivity index (χ1) is 8.33. The van der Waals surface area contributed by atoms with Crippen LogP contribution in [0.4, 0.5) is 0 Å². The molecule has 1 aliphatic carbocycles. The van der Waals surface area contributed by atoms with E-state index < -0.39 is 0 Å². The lowest BCUT2D eigenvalue weighted by Crippen LogP contribution is -2.07. The van der Waals surface area contributed by atoms with Gasteiger partial charge in [0.15, 0.2) is 5.78 Å². The molecule has 0 saturated carbocycles. The minimum atomic E-state index is 0.291. The number of hydrogen-bond acceptors (Lipinski definition) is 2. The maximum atomic E-state index is 11.7. The van der Waals surface area contributed by atoms with Crippen molar-refractivity contribution >= 4 is 5.78 Å². The van der Waals surface area contributed by atoms with Gasteiger partial charge in [0, 0.05) is 43.3 Å². The van der Waals surface area contributed by atoms with E-state index in [0.29, 0.717) is 12.2 Å². The molecule has 3 heteroatoms. The summed E-state index contributed by atoms with van der Waals surface area (Å²) < 4.78 is 2.10. The summed E-state index contributed by atoms with van der Waals surface area (Å²) in [7, 11) is 0. The summed E-state index contributed by atoms with van der Waals surface area (Å²) in [4.78, 5) is 15.7. The van der Waals surface area contributed by atoms with Crippen LogP contribution in [-0.4, -0.2) is 15.3 Å². The van der Waals surface area contributed by atoms with Crippen LogP contribution in [0.3, 0.4) is 0 Å². The molecule has 86 valence electrons. The average Bonchev–Trinajstić information content (AvgIpc) is 2.74. The molecule has 0 bridgehead atoms. The van der Waals surface area contributed by atoms with E-state index in [9.17, 15) is 4.79 Å². The van der Waals surface area contributed by atoms with Crippen LogP contribution >= 0.6 is 0 Å². The van der Waals surface area contributed by atoms with Gasteiger partial charge < -0.3 is 4.57 Å². The van der Waals surface area contributed by atoms with Gasteiger partial charge in [0.1, 0.15) is 0 Å². The Morgan fingerprint density at radius 1 is 1.18 bits per heavy atom. The van der Waals surface area contributed by atoms with Crippen LogP contribution in [0.25, 0.3) is 0 Å². The van der Waals surface area contributed by atoms with Gasteiger partial charge in [0.05, 0.1) is 0 Å². The Morgan fingerprint density at radius 2 is 2.00 bits per heavy atom. The van der Waals surface area contributed by atoms with Crippen LogP contribution in [0.5, 0.6) is 0 Å². The van der Waals surface area contributed by atoms with E-state index in [1.165, 1.54) is 11.1 Å². The van der Waals surface area contributed by atoms with Gasteiger partial charge in [-0.15, -0.1) is 0 Å². The highest BCUT2D eigenvalue weighted by Gasteiger charge is 2.18. The Kier molecular flexibility index (Phi) is 2.52. The maximum absolute atomic E-state index is 11.7. The number of aryl methyl sites for hydroxylation is 1. The van der Waals surface area contributed by atoms with Crippen molar-refractivity contribution in [2.75, 3.05) is 0 Å². The number of aromatic nitrogens is 2. The van der Waals surface area contributed by atoms with E-state index in [2.05, 4.69) is 15.7 Å². The average molecular weight is 226 g/mol. The molecule has 3 nitrogen and oxygen atoms in total. The second-order valence-electron chi connectivity index (χ2n) is 4.50. The third-order valence-electron chi connectivity index (χ3n) is 3.23. The number of nitrogens with zero attached hydrogens (tertiary/aromatic N) is 2. The minimum absolute atomic E-state index is 0.291. The number of Topliss-reactive ketones (excluding diaryl/α,β-unsaturated/α-hetero) is 1. The fraction of sp³-hybridized carbons (Fsp3) is 0.286. The van der Waals surface area contributed by atoms with E-state index in [1.54, 1.807) is 12.4 Å². The second-order valence-corrected chi connectivity index (χ2v) is 4.50. The molecule has 0 aliphatic heterocycles. The predicted molar refractivity (Wildman–Crippen MR) is 65.0 cm³/mol. The molecule has 0 N–H and O–H groups in total. The highest BCUT2D eigenvalue weighted by molar-refractivity contribution is 5.98. The number of hydrogen-bond donors (Lipinski definition) is 0. The van der Waals surface area contributed by atoms with Crippen LogP contribution in [0.15, 0.2) is 36.9 Å². The van der Waals surface area contributed by atoms with Gasteiger partial charge in [0.25, 0.3) is 0 Å². The molecule has 3 rings (SSSR count). The quantitative estimate of drug-likeness (QED) is 0.788. The van der Waals surface area contributed by atoms with E-state index >= 15 is 0 Å². The predicted octanol–water partition coefficient (Wildman–Crippen LogP) is 2.45. The Bertz CT molecular complexity index is 543. The lowest BCUT2D eigenvalue weighted by atomic mass is 9.95. The molecular formula is C14H14N2O. The van der Waals surface area contributed by atoms with Gasteiger partial charge in [-0.3, -0.25) is 9.78 Å². The van der Waals surface area contributed by atoms with Crippen molar-refractivity contribution < 1.29 is 4.79 Å². The molecule has 17 heavy (non-hydrogen) atoms. The molecule has 2 heterocycles. The van der Waals surface area contributed by atoms with Crippen molar-refractivity contribution in [1.82, 2.24) is 9.55 Å². The van der Waals surface area contributed by atoms with Gasteiger partial charge in [-0.25, -0.2) is 0 Å². The number of pyridine rings is 1. The number of carbonyl (C=O) groups excluding carboxylic acids is 1. The Hall–Kier alpha value is -1.90. The third kappa shape index (κ3) is 2.00. The minimum Gasteiger partial charge on any atom is -0.349 e. The highest BCUT2D eigenvalue weighted by atomic mass is 16.1. The molecule has 0 spiro atoms. The largest absolute Gasteiger partial charge is 0.349 e. The summed E-state index contributed by atoms with van der Waals surface area (Å²) in [6, 6.07) is 4.00. The summed E-state index contributed by atoms with van der Waals surface area (Å²) >= 11 is 0. The fourth-order valence-corrected chi connectivity index (χ4v) is 2.37. The van der Waals surface area contributed by atoms with Gasteiger partial charge in [-0.05, 0) is 36.1 Å². The highest BCUT2D eigenvalue weighted by Crippen LogP contribution is 2.22. The normalized spacial score (nSPS) is 14.7. The molecule has 0 unspecified atom stereocenters. The number of rotatable bonds is 2. The number of ketones is 1. The van der Waals surface area contributed by atoms with Crippen molar-refractivity contribution in [3.05, 3.63) is 53.6 Å². The summed E-state index contributed by atoms with van der Waals surface area (Å²) in [6.07, 6.45) is 10.4. The topological polar surface area (TPSA) is 34.9 Å². The standard InChI is InChI=1S/C14H14N2O/c17-14-3-1-2-12-9-16(10-13(12)14)8-11-4-6-15-7-5-11/h4-7,9-10H,1-3,8H2. The maximum Gasteiger partial charge on any atom is 0.164 e. The SMILES string of the molecule is O=C1CCCc2cn(Cc3ccncc3)cc21. The van der Waals surface area contributed by atoms with Gasteiger partial charge >= 0.3 is 0 Å². The molecule has 0 aromatic carbocycles. The van der Waals surface area contributed by atoms with Crippen LogP contribution in [0, 0.1) is 0 Å². The Labute approximate surface area is 100 Å². The molecule has 0 atom stereocenters. The van der Waals surface area contributed by atoms with Crippen LogP contribution in [0.2, 0.25) is 0 Å². The van der Waals surface area contributed by atoms with Gasteiger partial charge in [0.2, 0.25) is 0 Å². The van der Waals surface area contributed by atoms with Gasteiger partial charge in [-0.2, -0.15) is 0 Å². The van der Waals surface area contributed by atoms with Gasteiger partial charge in [-0.1, -0.05) is 0 Å². The summed E-state index contributed by atoms with van der Waals surface area (Å²) in [6.45, 7) is 0.808. The van der Waals surface area contributed by atoms with Crippen molar-refractivity contribution in [1.29, 1.82) is 0 Å². The zero-order valence-electron chi connectivity index (χ0n) is 9.60. The smallest absolute Gasteiger partial charge is 0.164 e. The molecule has 2 aromatic heterocycles.